The van der Waals surface area contributed by atoms with Crippen LogP contribution in [0.2, 0.25) is 0 Å². The lowest BCUT2D eigenvalue weighted by Crippen LogP contribution is -2.08. The number of hydrogen-bond donors (Lipinski definition) is 1. The van der Waals surface area contributed by atoms with E-state index in [0.29, 0.717) is 11.3 Å². The van der Waals surface area contributed by atoms with E-state index in [1.807, 2.05) is 6.07 Å². The lowest BCUT2D eigenvalue weighted by atomic mass is 10.2. The summed E-state index contributed by atoms with van der Waals surface area (Å²) in [5.41, 5.74) is 0.670. The highest BCUT2D eigenvalue weighted by Gasteiger charge is 2.05. The van der Waals surface area contributed by atoms with Crippen LogP contribution >= 0.6 is 0 Å². The molecule has 0 radical (unpaired) electrons. The molecule has 0 aliphatic rings. The number of nitrogens with zero attached hydrogens (tertiary/aromatic N) is 1. The molecule has 17 heavy (non-hydrogen) atoms. The molecule has 1 aromatic carbocycles. The van der Waals surface area contributed by atoms with Crippen LogP contribution < -0.4 is 4.74 Å². The third kappa shape index (κ3) is 4.18. The summed E-state index contributed by atoms with van der Waals surface area (Å²) in [5.74, 6) is -1.93. The number of carboxylic acids is 1. The number of ether oxygens (including phenoxy) is 1. The summed E-state index contributed by atoms with van der Waals surface area (Å²) in [4.78, 5) is 21.0. The van der Waals surface area contributed by atoms with Gasteiger partial charge in [-0.1, -0.05) is 18.2 Å². The van der Waals surface area contributed by atoms with E-state index in [1.165, 1.54) is 6.08 Å². The number of carbonyl (C=O) groups excluding carboxylic acids is 1. The maximum Gasteiger partial charge on any atom is 0.376 e. The van der Waals surface area contributed by atoms with Crippen LogP contribution in [0.3, 0.4) is 0 Å². The molecule has 1 aromatic rings. The number of benzene rings is 1. The van der Waals surface area contributed by atoms with E-state index in [0.717, 1.165) is 6.08 Å². The van der Waals surface area contributed by atoms with E-state index < -0.39 is 11.8 Å². The van der Waals surface area contributed by atoms with Crippen molar-refractivity contribution in [2.45, 2.75) is 0 Å². The van der Waals surface area contributed by atoms with Crippen molar-refractivity contribution in [3.05, 3.63) is 35.9 Å². The normalized spacial score (nSPS) is 9.82. The van der Waals surface area contributed by atoms with Gasteiger partial charge in [-0.15, -0.1) is 0 Å². The standard InChI is InChI=1S/C12H9NO4/c13-7-8-17-10-4-1-9(2-5-10)3-6-11(14)12(15)16/h1-6H,8H2,(H,15,16)/b6-3+. The molecule has 0 aliphatic heterocycles. The lowest BCUT2D eigenvalue weighted by molar-refractivity contribution is -0.146. The number of nitriles is 1. The van der Waals surface area contributed by atoms with E-state index >= 15 is 0 Å². The van der Waals surface area contributed by atoms with Crippen molar-refractivity contribution in [1.29, 1.82) is 5.26 Å². The highest BCUT2D eigenvalue weighted by Crippen LogP contribution is 2.12. The average Bonchev–Trinajstić information content (AvgIpc) is 2.34. The first-order chi connectivity index (χ1) is 8.13. The van der Waals surface area contributed by atoms with Gasteiger partial charge in [-0.2, -0.15) is 5.26 Å². The van der Waals surface area contributed by atoms with Crippen LogP contribution in [-0.4, -0.2) is 23.5 Å². The summed E-state index contributed by atoms with van der Waals surface area (Å²) in [5, 5.41) is 16.7. The molecule has 0 saturated heterocycles. The molecule has 0 spiro atoms. The Morgan fingerprint density at radius 1 is 1.35 bits per heavy atom. The Kier molecular flexibility index (Phi) is 4.45. The van der Waals surface area contributed by atoms with E-state index in [1.54, 1.807) is 24.3 Å². The van der Waals surface area contributed by atoms with Gasteiger partial charge in [-0.05, 0) is 23.8 Å². The third-order valence-corrected chi connectivity index (χ3v) is 1.82. The van der Waals surface area contributed by atoms with Gasteiger partial charge in [0.15, 0.2) is 6.61 Å². The monoisotopic (exact) mass is 231 g/mol. The fourth-order valence-electron chi connectivity index (χ4n) is 1.03. The van der Waals surface area contributed by atoms with E-state index in [9.17, 15) is 9.59 Å². The second kappa shape index (κ2) is 6.08. The van der Waals surface area contributed by atoms with Crippen molar-refractivity contribution in [1.82, 2.24) is 0 Å². The molecule has 0 aliphatic carbocycles. The van der Waals surface area contributed by atoms with Crippen molar-refractivity contribution in [2.24, 2.45) is 0 Å². The van der Waals surface area contributed by atoms with Crippen LogP contribution in [0.4, 0.5) is 0 Å². The van der Waals surface area contributed by atoms with Crippen LogP contribution in [0, 0.1) is 11.3 Å². The van der Waals surface area contributed by atoms with E-state index in [-0.39, 0.29) is 6.61 Å². The summed E-state index contributed by atoms with van der Waals surface area (Å²) in [7, 11) is 0. The number of hydrogen-bond acceptors (Lipinski definition) is 4. The number of ketones is 1. The highest BCUT2D eigenvalue weighted by atomic mass is 16.5. The average molecular weight is 231 g/mol. The first kappa shape index (κ1) is 12.5. The lowest BCUT2D eigenvalue weighted by Gasteiger charge is -2.00. The Balaban J connectivity index is 2.66. The minimum atomic E-state index is -1.49. The molecule has 0 aromatic heterocycles. The van der Waals surface area contributed by atoms with Gasteiger partial charge in [0.05, 0.1) is 0 Å². The number of aliphatic carboxylic acids is 1. The van der Waals surface area contributed by atoms with Gasteiger partial charge >= 0.3 is 5.97 Å². The van der Waals surface area contributed by atoms with Crippen molar-refractivity contribution in [3.8, 4) is 11.8 Å². The predicted molar refractivity (Wildman–Crippen MR) is 59.2 cm³/mol. The molecule has 0 fully saturated rings. The van der Waals surface area contributed by atoms with Gasteiger partial charge < -0.3 is 9.84 Å². The smallest absolute Gasteiger partial charge is 0.376 e. The Morgan fingerprint density at radius 2 is 2.00 bits per heavy atom. The Morgan fingerprint density at radius 3 is 2.53 bits per heavy atom. The third-order valence-electron chi connectivity index (χ3n) is 1.82. The quantitative estimate of drug-likeness (QED) is 0.608. The first-order valence-corrected chi connectivity index (χ1v) is 4.68. The Hall–Kier alpha value is -2.61. The fraction of sp³-hybridized carbons (Fsp3) is 0.0833. The van der Waals surface area contributed by atoms with E-state index in [4.69, 9.17) is 15.1 Å². The zero-order valence-electron chi connectivity index (χ0n) is 8.79. The van der Waals surface area contributed by atoms with Gasteiger partial charge in [0.2, 0.25) is 0 Å². The zero-order chi connectivity index (χ0) is 12.7. The molecule has 1 rings (SSSR count). The van der Waals surface area contributed by atoms with Crippen molar-refractivity contribution in [2.75, 3.05) is 6.61 Å². The fourth-order valence-corrected chi connectivity index (χ4v) is 1.03. The molecular formula is C12H9NO4. The molecular weight excluding hydrogens is 222 g/mol. The van der Waals surface area contributed by atoms with Crippen molar-refractivity contribution < 1.29 is 19.4 Å². The van der Waals surface area contributed by atoms with Crippen LogP contribution in [0.5, 0.6) is 5.75 Å². The van der Waals surface area contributed by atoms with Gasteiger partial charge in [0.1, 0.15) is 11.8 Å². The van der Waals surface area contributed by atoms with E-state index in [2.05, 4.69) is 0 Å². The molecule has 0 saturated carbocycles. The van der Waals surface area contributed by atoms with Gasteiger partial charge in [0.25, 0.3) is 5.78 Å². The topological polar surface area (TPSA) is 87.4 Å². The molecule has 0 unspecified atom stereocenters. The second-order valence-electron chi connectivity index (χ2n) is 3.02. The van der Waals surface area contributed by atoms with Crippen molar-refractivity contribution >= 4 is 17.8 Å². The molecule has 86 valence electrons. The molecule has 0 amide bonds. The van der Waals surface area contributed by atoms with Crippen LogP contribution in [0.15, 0.2) is 30.3 Å². The number of carbonyl (C=O) groups is 2. The molecule has 5 heteroatoms. The molecule has 0 heterocycles. The van der Waals surface area contributed by atoms with Crippen molar-refractivity contribution in [3.63, 3.8) is 0 Å². The molecule has 0 atom stereocenters. The summed E-state index contributed by atoms with van der Waals surface area (Å²) in [6, 6.07) is 8.39. The van der Waals surface area contributed by atoms with Gasteiger partial charge in [0, 0.05) is 0 Å². The molecule has 0 bridgehead atoms. The summed E-state index contributed by atoms with van der Waals surface area (Å²) >= 11 is 0. The SMILES string of the molecule is N#CCOc1ccc(/C=C/C(=O)C(=O)O)cc1. The van der Waals surface area contributed by atoms with Gasteiger partial charge in [-0.3, -0.25) is 4.79 Å². The van der Waals surface area contributed by atoms with Crippen LogP contribution in [0.25, 0.3) is 6.08 Å². The first-order valence-electron chi connectivity index (χ1n) is 4.68. The largest absolute Gasteiger partial charge is 0.479 e. The minimum Gasteiger partial charge on any atom is -0.479 e. The maximum atomic E-state index is 10.8. The molecule has 1 N–H and O–H groups in total. The zero-order valence-corrected chi connectivity index (χ0v) is 8.79. The van der Waals surface area contributed by atoms with Crippen LogP contribution in [-0.2, 0) is 9.59 Å². The Bertz CT molecular complexity index is 482. The summed E-state index contributed by atoms with van der Waals surface area (Å²) in [6.45, 7) is -0.0350. The highest BCUT2D eigenvalue weighted by molar-refractivity contribution is 6.38. The second-order valence-corrected chi connectivity index (χ2v) is 3.02. The summed E-state index contributed by atoms with van der Waals surface area (Å²) in [6.07, 6.45) is 2.37. The number of rotatable bonds is 5. The van der Waals surface area contributed by atoms with Gasteiger partial charge in [-0.25, -0.2) is 4.79 Å². The predicted octanol–water partition coefficient (Wildman–Crippen LogP) is 1.26. The summed E-state index contributed by atoms with van der Waals surface area (Å²) < 4.78 is 5.03. The minimum absolute atomic E-state index is 0.0350. The molecule has 5 nitrogen and oxygen atoms in total. The van der Waals surface area contributed by atoms with Crippen LogP contribution in [0.1, 0.15) is 5.56 Å². The number of carboxylic acid groups (broad SMARTS) is 1. The Labute approximate surface area is 97.6 Å². The maximum absolute atomic E-state index is 10.8.